The number of rotatable bonds is 3. The largest absolute Gasteiger partial charge is 0.464 e. The molecule has 154 valence electrons. The van der Waals surface area contributed by atoms with Crippen LogP contribution in [0.25, 0.3) is 10.9 Å². The first kappa shape index (κ1) is 18.6. The van der Waals surface area contributed by atoms with Gasteiger partial charge in [-0.1, -0.05) is 0 Å². The fourth-order valence-corrected chi connectivity index (χ4v) is 3.95. The van der Waals surface area contributed by atoms with Crippen LogP contribution in [0.1, 0.15) is 31.0 Å². The molecule has 2 aromatic heterocycles. The number of carboxylic acid groups (broad SMARTS) is 1. The van der Waals surface area contributed by atoms with Crippen molar-refractivity contribution in [3.63, 3.8) is 0 Å². The van der Waals surface area contributed by atoms with Gasteiger partial charge < -0.3 is 20.5 Å². The van der Waals surface area contributed by atoms with Gasteiger partial charge in [-0.2, -0.15) is 0 Å². The van der Waals surface area contributed by atoms with E-state index < -0.39 is 11.6 Å². The topological polar surface area (TPSA) is 124 Å². The summed E-state index contributed by atoms with van der Waals surface area (Å²) in [6.45, 7) is 2.37. The number of carbonyl (C=O) groups is 2. The van der Waals surface area contributed by atoms with Crippen LogP contribution in [0.5, 0.6) is 11.6 Å². The third-order valence-corrected chi connectivity index (χ3v) is 5.90. The molecule has 5 rings (SSSR count). The summed E-state index contributed by atoms with van der Waals surface area (Å²) in [5, 5.41) is 9.98. The van der Waals surface area contributed by atoms with Crippen LogP contribution in [0.2, 0.25) is 0 Å². The summed E-state index contributed by atoms with van der Waals surface area (Å²) >= 11 is 0. The lowest BCUT2D eigenvalue weighted by molar-refractivity contribution is -0.136. The average Bonchev–Trinajstić information content (AvgIpc) is 3.33. The van der Waals surface area contributed by atoms with Crippen LogP contribution >= 0.6 is 0 Å². The molecule has 1 amide bonds. The van der Waals surface area contributed by atoms with Crippen LogP contribution in [0.15, 0.2) is 36.8 Å². The highest BCUT2D eigenvalue weighted by Crippen LogP contribution is 2.38. The maximum atomic E-state index is 12.7. The molecule has 0 radical (unpaired) electrons. The standard InChI is InChI=1S/C21H21N5O4/c1-12-8-15-16(10-26(12)19(27)21(22)5-6-21)23-11-24-18(15)30-14-2-3-17-13(9-14)4-7-25(17)20(28)29/h2-4,7,9,11-12H,5-6,8,10,22H2,1H3,(H,28,29)/t12-/m0/s1. The van der Waals surface area contributed by atoms with Crippen molar-refractivity contribution >= 4 is 22.9 Å². The van der Waals surface area contributed by atoms with Gasteiger partial charge >= 0.3 is 6.09 Å². The van der Waals surface area contributed by atoms with Gasteiger partial charge in [0.05, 0.1) is 23.3 Å². The summed E-state index contributed by atoms with van der Waals surface area (Å²) in [7, 11) is 0. The Kier molecular flexibility index (Phi) is 4.04. The highest BCUT2D eigenvalue weighted by Gasteiger charge is 2.49. The Morgan fingerprint density at radius 3 is 2.80 bits per heavy atom. The molecule has 9 heteroatoms. The number of amides is 1. The Hall–Kier alpha value is -3.46. The van der Waals surface area contributed by atoms with E-state index in [2.05, 4.69) is 9.97 Å². The molecule has 0 spiro atoms. The molecule has 1 aromatic carbocycles. The van der Waals surface area contributed by atoms with E-state index in [1.807, 2.05) is 6.92 Å². The quantitative estimate of drug-likeness (QED) is 0.684. The fourth-order valence-electron chi connectivity index (χ4n) is 3.95. The maximum absolute atomic E-state index is 12.7. The van der Waals surface area contributed by atoms with E-state index in [4.69, 9.17) is 10.5 Å². The summed E-state index contributed by atoms with van der Waals surface area (Å²) in [5.74, 6) is 0.983. The zero-order chi connectivity index (χ0) is 21.0. The van der Waals surface area contributed by atoms with E-state index in [0.717, 1.165) is 34.1 Å². The van der Waals surface area contributed by atoms with Crippen molar-refractivity contribution in [1.29, 1.82) is 0 Å². The minimum atomic E-state index is -1.04. The Balaban J connectivity index is 1.43. The van der Waals surface area contributed by atoms with Crippen molar-refractivity contribution in [1.82, 2.24) is 19.4 Å². The SMILES string of the molecule is C[C@H]1Cc2c(ncnc2Oc2ccc3c(ccn3C(=O)O)c2)CN1C(=O)C1(N)CC1. The van der Waals surface area contributed by atoms with Gasteiger partial charge in [0.1, 0.15) is 12.1 Å². The molecule has 0 unspecified atom stereocenters. The molecular weight excluding hydrogens is 386 g/mol. The zero-order valence-corrected chi connectivity index (χ0v) is 16.4. The van der Waals surface area contributed by atoms with Crippen molar-refractivity contribution in [2.75, 3.05) is 0 Å². The smallest absolute Gasteiger partial charge is 0.415 e. The predicted molar refractivity (Wildman–Crippen MR) is 107 cm³/mol. The molecule has 3 heterocycles. The molecule has 1 atom stereocenters. The molecule has 2 aliphatic rings. The molecule has 30 heavy (non-hydrogen) atoms. The van der Waals surface area contributed by atoms with Gasteiger partial charge in [0.15, 0.2) is 0 Å². The highest BCUT2D eigenvalue weighted by molar-refractivity contribution is 5.90. The van der Waals surface area contributed by atoms with Crippen LogP contribution in [0.4, 0.5) is 4.79 Å². The van der Waals surface area contributed by atoms with Gasteiger partial charge in [0.2, 0.25) is 11.8 Å². The number of hydrogen-bond acceptors (Lipinski definition) is 6. The normalized spacial score (nSPS) is 19.4. The van der Waals surface area contributed by atoms with Gasteiger partial charge in [-0.25, -0.2) is 14.8 Å². The molecular formula is C21H21N5O4. The molecule has 0 bridgehead atoms. The molecule has 1 saturated carbocycles. The Morgan fingerprint density at radius 1 is 1.27 bits per heavy atom. The summed E-state index contributed by atoms with van der Waals surface area (Å²) < 4.78 is 7.20. The zero-order valence-electron chi connectivity index (χ0n) is 16.4. The second-order valence-corrected chi connectivity index (χ2v) is 8.04. The van der Waals surface area contributed by atoms with Gasteiger partial charge in [0, 0.05) is 23.2 Å². The summed E-state index contributed by atoms with van der Waals surface area (Å²) in [5.41, 5.74) is 7.62. The van der Waals surface area contributed by atoms with Crippen LogP contribution in [0, 0.1) is 0 Å². The fraction of sp³-hybridized carbons (Fsp3) is 0.333. The summed E-state index contributed by atoms with van der Waals surface area (Å²) in [4.78, 5) is 34.5. The minimum Gasteiger partial charge on any atom is -0.464 e. The van der Waals surface area contributed by atoms with E-state index in [1.165, 1.54) is 12.5 Å². The monoisotopic (exact) mass is 407 g/mol. The maximum Gasteiger partial charge on any atom is 0.415 e. The molecule has 3 N–H and O–H groups in total. The summed E-state index contributed by atoms with van der Waals surface area (Å²) in [6, 6.07) is 6.87. The Labute approximate surface area is 172 Å². The lowest BCUT2D eigenvalue weighted by Gasteiger charge is -2.36. The van der Waals surface area contributed by atoms with Crippen molar-refractivity contribution < 1.29 is 19.4 Å². The number of ether oxygens (including phenoxy) is 1. The Bertz CT molecular complexity index is 1180. The van der Waals surface area contributed by atoms with Crippen molar-refractivity contribution in [2.45, 2.75) is 44.3 Å². The number of nitrogens with two attached hydrogens (primary N) is 1. The second-order valence-electron chi connectivity index (χ2n) is 8.04. The van der Waals surface area contributed by atoms with E-state index in [0.29, 0.717) is 30.1 Å². The average molecular weight is 407 g/mol. The van der Waals surface area contributed by atoms with E-state index in [-0.39, 0.29) is 11.9 Å². The molecule has 9 nitrogen and oxygen atoms in total. The molecule has 1 fully saturated rings. The van der Waals surface area contributed by atoms with E-state index in [1.54, 1.807) is 29.2 Å². The van der Waals surface area contributed by atoms with Crippen LogP contribution < -0.4 is 10.5 Å². The third kappa shape index (κ3) is 2.98. The first-order valence-corrected chi connectivity index (χ1v) is 9.81. The van der Waals surface area contributed by atoms with Gasteiger partial charge in [-0.3, -0.25) is 9.36 Å². The van der Waals surface area contributed by atoms with Gasteiger partial charge in [-0.05, 0) is 50.5 Å². The lowest BCUT2D eigenvalue weighted by atomic mass is 9.98. The van der Waals surface area contributed by atoms with Crippen molar-refractivity contribution in [3.05, 3.63) is 48.0 Å². The molecule has 1 aliphatic carbocycles. The highest BCUT2D eigenvalue weighted by atomic mass is 16.5. The number of nitrogens with zero attached hydrogens (tertiary/aromatic N) is 4. The number of hydrogen-bond donors (Lipinski definition) is 2. The number of benzene rings is 1. The Morgan fingerprint density at radius 2 is 2.07 bits per heavy atom. The van der Waals surface area contributed by atoms with E-state index >= 15 is 0 Å². The second kappa shape index (κ2) is 6.53. The molecule has 0 saturated heterocycles. The number of carbonyl (C=O) groups excluding carboxylic acids is 1. The van der Waals surface area contributed by atoms with Gasteiger partial charge in [-0.15, -0.1) is 0 Å². The van der Waals surface area contributed by atoms with Gasteiger partial charge in [0.25, 0.3) is 0 Å². The minimum absolute atomic E-state index is 0.0184. The van der Waals surface area contributed by atoms with Crippen LogP contribution in [-0.4, -0.2) is 48.1 Å². The lowest BCUT2D eigenvalue weighted by Crippen LogP contribution is -2.51. The van der Waals surface area contributed by atoms with Crippen molar-refractivity contribution in [3.8, 4) is 11.6 Å². The van der Waals surface area contributed by atoms with Crippen molar-refractivity contribution in [2.24, 2.45) is 5.73 Å². The van der Waals surface area contributed by atoms with E-state index in [9.17, 15) is 14.7 Å². The first-order chi connectivity index (χ1) is 14.4. The summed E-state index contributed by atoms with van der Waals surface area (Å²) in [6.07, 6.45) is 3.92. The molecule has 1 aliphatic heterocycles. The third-order valence-electron chi connectivity index (χ3n) is 5.90. The predicted octanol–water partition coefficient (Wildman–Crippen LogP) is 2.51. The first-order valence-electron chi connectivity index (χ1n) is 9.81. The molecule has 3 aromatic rings. The van der Waals surface area contributed by atoms with Crippen LogP contribution in [-0.2, 0) is 17.8 Å². The number of aromatic nitrogens is 3. The van der Waals surface area contributed by atoms with Crippen LogP contribution in [0.3, 0.4) is 0 Å². The number of fused-ring (bicyclic) bond motifs is 2.